The Balaban J connectivity index is 2.02. The van der Waals surface area contributed by atoms with Crippen LogP contribution in [0.1, 0.15) is 51.7 Å². The average Bonchev–Trinajstić information content (AvgIpc) is 2.59. The van der Waals surface area contributed by atoms with Crippen molar-refractivity contribution in [1.82, 2.24) is 4.90 Å². The molecule has 2 aromatic rings. The Morgan fingerprint density at radius 2 is 1.20 bits per heavy atom. The van der Waals surface area contributed by atoms with Gasteiger partial charge in [0.15, 0.2) is 0 Å². The normalized spacial score (nSPS) is 20.2. The minimum atomic E-state index is 0.147. The molecule has 1 saturated heterocycles. The molecule has 3 rings (SSSR count). The highest BCUT2D eigenvalue weighted by Gasteiger charge is 2.43. The molecule has 1 aliphatic heterocycles. The SMILES string of the molecule is CN1C(C)(C)CC(N=C(c2ccccc2)c2ccccc2)CC1(C)C. The van der Waals surface area contributed by atoms with Crippen LogP contribution in [0.15, 0.2) is 65.7 Å². The van der Waals surface area contributed by atoms with Gasteiger partial charge in [0.2, 0.25) is 0 Å². The quantitative estimate of drug-likeness (QED) is 0.707. The Labute approximate surface area is 152 Å². The molecule has 0 saturated carbocycles. The maximum Gasteiger partial charge on any atom is 0.0722 e. The van der Waals surface area contributed by atoms with Gasteiger partial charge in [0.05, 0.1) is 11.8 Å². The van der Waals surface area contributed by atoms with E-state index in [1.54, 1.807) is 0 Å². The molecule has 0 radical (unpaired) electrons. The summed E-state index contributed by atoms with van der Waals surface area (Å²) in [6.07, 6.45) is 2.16. The van der Waals surface area contributed by atoms with Gasteiger partial charge >= 0.3 is 0 Å². The smallest absolute Gasteiger partial charge is 0.0722 e. The molecule has 1 heterocycles. The molecule has 2 nitrogen and oxygen atoms in total. The molecular weight excluding hydrogens is 304 g/mol. The van der Waals surface area contributed by atoms with Gasteiger partial charge in [-0.1, -0.05) is 60.7 Å². The van der Waals surface area contributed by atoms with Crippen LogP contribution in [0.2, 0.25) is 0 Å². The van der Waals surface area contributed by atoms with Crippen molar-refractivity contribution < 1.29 is 0 Å². The Morgan fingerprint density at radius 1 is 0.800 bits per heavy atom. The van der Waals surface area contributed by atoms with Crippen LogP contribution in [0.4, 0.5) is 0 Å². The molecule has 0 amide bonds. The number of piperidine rings is 1. The number of benzene rings is 2. The van der Waals surface area contributed by atoms with Crippen molar-refractivity contribution in [2.24, 2.45) is 4.99 Å². The van der Waals surface area contributed by atoms with Crippen LogP contribution in [0, 0.1) is 0 Å². The summed E-state index contributed by atoms with van der Waals surface area (Å²) in [6, 6.07) is 21.5. The zero-order valence-corrected chi connectivity index (χ0v) is 16.2. The fraction of sp³-hybridized carbons (Fsp3) is 0.435. The van der Waals surface area contributed by atoms with E-state index in [0.29, 0.717) is 6.04 Å². The first-order valence-corrected chi connectivity index (χ1v) is 9.22. The molecule has 0 atom stereocenters. The number of nitrogens with zero attached hydrogens (tertiary/aromatic N) is 2. The van der Waals surface area contributed by atoms with Gasteiger partial charge in [-0.15, -0.1) is 0 Å². The summed E-state index contributed by atoms with van der Waals surface area (Å²) < 4.78 is 0. The third kappa shape index (κ3) is 3.85. The first-order chi connectivity index (χ1) is 11.8. The van der Waals surface area contributed by atoms with Crippen molar-refractivity contribution in [2.75, 3.05) is 7.05 Å². The van der Waals surface area contributed by atoms with Gasteiger partial charge in [-0.05, 0) is 47.6 Å². The largest absolute Gasteiger partial charge is 0.296 e. The summed E-state index contributed by atoms with van der Waals surface area (Å²) in [5.74, 6) is 0. The molecular formula is C23H30N2. The Kier molecular flexibility index (Phi) is 4.83. The zero-order chi connectivity index (χ0) is 18.1. The van der Waals surface area contributed by atoms with Gasteiger partial charge in [0, 0.05) is 22.2 Å². The van der Waals surface area contributed by atoms with E-state index in [9.17, 15) is 0 Å². The zero-order valence-electron chi connectivity index (χ0n) is 16.2. The fourth-order valence-corrected chi connectivity index (χ4v) is 4.10. The van der Waals surface area contributed by atoms with Crippen molar-refractivity contribution in [3.8, 4) is 0 Å². The number of hydrogen-bond acceptors (Lipinski definition) is 2. The summed E-state index contributed by atoms with van der Waals surface area (Å²) >= 11 is 0. The van der Waals surface area contributed by atoms with Gasteiger partial charge in [0.1, 0.15) is 0 Å². The molecule has 25 heavy (non-hydrogen) atoms. The summed E-state index contributed by atoms with van der Waals surface area (Å²) in [4.78, 5) is 7.80. The van der Waals surface area contributed by atoms with Crippen molar-refractivity contribution in [3.05, 3.63) is 71.8 Å². The van der Waals surface area contributed by atoms with E-state index in [0.717, 1.165) is 18.6 Å². The summed E-state index contributed by atoms with van der Waals surface area (Å²) in [7, 11) is 2.25. The lowest BCUT2D eigenvalue weighted by atomic mass is 9.77. The lowest BCUT2D eigenvalue weighted by molar-refractivity contribution is -0.0106. The third-order valence-corrected chi connectivity index (χ3v) is 5.69. The topological polar surface area (TPSA) is 15.6 Å². The van der Waals surface area contributed by atoms with E-state index >= 15 is 0 Å². The van der Waals surface area contributed by atoms with Crippen LogP contribution in [0.25, 0.3) is 0 Å². The first kappa shape index (κ1) is 17.9. The molecule has 0 bridgehead atoms. The third-order valence-electron chi connectivity index (χ3n) is 5.69. The lowest BCUT2D eigenvalue weighted by Gasteiger charge is -2.53. The Hall–Kier alpha value is -1.93. The Bertz CT molecular complexity index is 670. The number of rotatable bonds is 3. The summed E-state index contributed by atoms with van der Waals surface area (Å²) in [6.45, 7) is 9.34. The van der Waals surface area contributed by atoms with E-state index in [1.165, 1.54) is 11.1 Å². The molecule has 0 unspecified atom stereocenters. The predicted octanol–water partition coefficient (Wildman–Crippen LogP) is 5.18. The molecule has 0 aromatic heterocycles. The maximum absolute atomic E-state index is 5.29. The van der Waals surface area contributed by atoms with E-state index < -0.39 is 0 Å². The van der Waals surface area contributed by atoms with Crippen LogP contribution >= 0.6 is 0 Å². The molecule has 2 aromatic carbocycles. The van der Waals surface area contributed by atoms with Gasteiger partial charge in [-0.2, -0.15) is 0 Å². The highest BCUT2D eigenvalue weighted by molar-refractivity contribution is 6.12. The van der Waals surface area contributed by atoms with Crippen LogP contribution in [0.3, 0.4) is 0 Å². The molecule has 0 N–H and O–H groups in total. The second-order valence-corrected chi connectivity index (χ2v) is 8.46. The number of hydrogen-bond donors (Lipinski definition) is 0. The van der Waals surface area contributed by atoms with Gasteiger partial charge in [0.25, 0.3) is 0 Å². The highest BCUT2D eigenvalue weighted by atomic mass is 15.2. The number of likely N-dealkylation sites (tertiary alicyclic amines) is 1. The Morgan fingerprint density at radius 3 is 1.60 bits per heavy atom. The monoisotopic (exact) mass is 334 g/mol. The maximum atomic E-state index is 5.29. The van der Waals surface area contributed by atoms with Gasteiger partial charge < -0.3 is 0 Å². The van der Waals surface area contributed by atoms with Crippen LogP contribution in [-0.4, -0.2) is 34.8 Å². The van der Waals surface area contributed by atoms with E-state index in [2.05, 4.69) is 100 Å². The highest BCUT2D eigenvalue weighted by Crippen LogP contribution is 2.38. The van der Waals surface area contributed by atoms with Crippen molar-refractivity contribution in [1.29, 1.82) is 0 Å². The molecule has 2 heteroatoms. The predicted molar refractivity (Wildman–Crippen MR) is 107 cm³/mol. The van der Waals surface area contributed by atoms with Crippen molar-refractivity contribution in [3.63, 3.8) is 0 Å². The van der Waals surface area contributed by atoms with E-state index in [4.69, 9.17) is 4.99 Å². The van der Waals surface area contributed by atoms with Crippen LogP contribution in [0.5, 0.6) is 0 Å². The molecule has 1 aliphatic rings. The molecule has 132 valence electrons. The summed E-state index contributed by atoms with van der Waals surface area (Å²) in [5.41, 5.74) is 3.80. The van der Waals surface area contributed by atoms with Crippen LogP contribution < -0.4 is 0 Å². The number of aliphatic imine (C=N–C) groups is 1. The standard InChI is InChI=1S/C23H30N2/c1-22(2)16-20(17-23(3,4)25(22)5)24-21(18-12-8-6-9-13-18)19-14-10-7-11-15-19/h6-15,20H,16-17H2,1-5H3. The van der Waals surface area contributed by atoms with Crippen LogP contribution in [-0.2, 0) is 0 Å². The van der Waals surface area contributed by atoms with Gasteiger partial charge in [-0.3, -0.25) is 9.89 Å². The summed E-state index contributed by atoms with van der Waals surface area (Å²) in [5, 5.41) is 0. The van der Waals surface area contributed by atoms with Gasteiger partial charge in [-0.25, -0.2) is 0 Å². The first-order valence-electron chi connectivity index (χ1n) is 9.22. The van der Waals surface area contributed by atoms with E-state index in [-0.39, 0.29) is 11.1 Å². The molecule has 0 spiro atoms. The van der Waals surface area contributed by atoms with Crippen molar-refractivity contribution >= 4 is 5.71 Å². The van der Waals surface area contributed by atoms with Crippen molar-refractivity contribution in [2.45, 2.75) is 57.7 Å². The van der Waals surface area contributed by atoms with E-state index in [1.807, 2.05) is 0 Å². The second-order valence-electron chi connectivity index (χ2n) is 8.46. The molecule has 1 fully saturated rings. The second kappa shape index (κ2) is 6.76. The molecule has 0 aliphatic carbocycles. The lowest BCUT2D eigenvalue weighted by Crippen LogP contribution is -2.59. The minimum absolute atomic E-state index is 0.147. The minimum Gasteiger partial charge on any atom is -0.296 e. The fourth-order valence-electron chi connectivity index (χ4n) is 4.10. The average molecular weight is 335 g/mol.